The Labute approximate surface area is 184 Å². The molecule has 2 aromatic carbocycles. The number of carbonyl (C=O) groups excluding carboxylic acids is 2. The third kappa shape index (κ3) is 5.43. The average Bonchev–Trinajstić information content (AvgIpc) is 3.42. The lowest BCUT2D eigenvalue weighted by Gasteiger charge is -2.16. The molecule has 4 rings (SSSR count). The number of anilines is 2. The van der Waals surface area contributed by atoms with Crippen molar-refractivity contribution < 1.29 is 18.7 Å². The average molecular weight is 439 g/mol. The van der Waals surface area contributed by atoms with Crippen LogP contribution in [0.25, 0.3) is 0 Å². The Morgan fingerprint density at radius 2 is 1.94 bits per heavy atom. The molecular weight excluding hydrogens is 416 g/mol. The number of methoxy groups -OCH3 is 1. The number of aromatic nitrogens is 2. The molecule has 1 aliphatic heterocycles. The van der Waals surface area contributed by atoms with Gasteiger partial charge in [-0.25, -0.2) is 0 Å². The SMILES string of the molecule is COc1ccc(Cc2nnc(SCC(=O)Nc3ccc(N4CCCC4=O)cc3)o2)cc1. The summed E-state index contributed by atoms with van der Waals surface area (Å²) in [6, 6.07) is 14.9. The molecule has 8 nitrogen and oxygen atoms in total. The van der Waals surface area contributed by atoms with Crippen molar-refractivity contribution in [1.29, 1.82) is 0 Å². The molecule has 0 bridgehead atoms. The summed E-state index contributed by atoms with van der Waals surface area (Å²) < 4.78 is 10.8. The van der Waals surface area contributed by atoms with E-state index in [4.69, 9.17) is 9.15 Å². The minimum absolute atomic E-state index is 0.138. The maximum absolute atomic E-state index is 12.2. The Morgan fingerprint density at radius 1 is 1.16 bits per heavy atom. The summed E-state index contributed by atoms with van der Waals surface area (Å²) in [7, 11) is 1.62. The normalized spacial score (nSPS) is 13.5. The Balaban J connectivity index is 1.25. The van der Waals surface area contributed by atoms with Gasteiger partial charge >= 0.3 is 0 Å². The van der Waals surface area contributed by atoms with Crippen LogP contribution in [-0.2, 0) is 16.0 Å². The summed E-state index contributed by atoms with van der Waals surface area (Å²) in [5, 5.41) is 11.2. The van der Waals surface area contributed by atoms with Crippen LogP contribution in [0.3, 0.4) is 0 Å². The monoisotopic (exact) mass is 438 g/mol. The summed E-state index contributed by atoms with van der Waals surface area (Å²) >= 11 is 1.18. The highest BCUT2D eigenvalue weighted by Gasteiger charge is 2.21. The van der Waals surface area contributed by atoms with Crippen molar-refractivity contribution in [2.75, 3.05) is 29.6 Å². The molecular formula is C22H22N4O4S. The van der Waals surface area contributed by atoms with Crippen LogP contribution in [0.2, 0.25) is 0 Å². The summed E-state index contributed by atoms with van der Waals surface area (Å²) in [5.74, 6) is 1.39. The van der Waals surface area contributed by atoms with E-state index in [1.807, 2.05) is 36.4 Å². The maximum Gasteiger partial charge on any atom is 0.277 e. The molecule has 0 saturated carbocycles. The van der Waals surface area contributed by atoms with E-state index in [1.165, 1.54) is 11.8 Å². The van der Waals surface area contributed by atoms with Crippen LogP contribution in [0.5, 0.6) is 5.75 Å². The van der Waals surface area contributed by atoms with Gasteiger partial charge in [-0.2, -0.15) is 0 Å². The minimum Gasteiger partial charge on any atom is -0.497 e. The fourth-order valence-corrected chi connectivity index (χ4v) is 3.84. The van der Waals surface area contributed by atoms with Gasteiger partial charge in [0.2, 0.25) is 17.7 Å². The molecule has 0 spiro atoms. The highest BCUT2D eigenvalue weighted by atomic mass is 32.2. The van der Waals surface area contributed by atoms with Gasteiger partial charge in [0.05, 0.1) is 19.3 Å². The highest BCUT2D eigenvalue weighted by Crippen LogP contribution is 2.24. The van der Waals surface area contributed by atoms with Crippen LogP contribution < -0.4 is 15.0 Å². The van der Waals surface area contributed by atoms with Gasteiger partial charge in [-0.1, -0.05) is 23.9 Å². The predicted octanol–water partition coefficient (Wildman–Crippen LogP) is 3.53. The van der Waals surface area contributed by atoms with Crippen molar-refractivity contribution >= 4 is 35.0 Å². The number of nitrogens with one attached hydrogen (secondary N) is 1. The number of nitrogens with zero attached hydrogens (tertiary/aromatic N) is 3. The van der Waals surface area contributed by atoms with Gasteiger partial charge in [0.25, 0.3) is 5.22 Å². The van der Waals surface area contributed by atoms with Crippen molar-refractivity contribution in [3.8, 4) is 5.75 Å². The van der Waals surface area contributed by atoms with Crippen LogP contribution in [0.1, 0.15) is 24.3 Å². The summed E-state index contributed by atoms with van der Waals surface area (Å²) in [5.41, 5.74) is 2.55. The number of hydrogen-bond acceptors (Lipinski definition) is 7. The van der Waals surface area contributed by atoms with Crippen molar-refractivity contribution in [1.82, 2.24) is 10.2 Å². The molecule has 160 valence electrons. The summed E-state index contributed by atoms with van der Waals surface area (Å²) in [6.45, 7) is 0.742. The molecule has 0 radical (unpaired) electrons. The Morgan fingerprint density at radius 3 is 2.61 bits per heavy atom. The third-order valence-corrected chi connectivity index (χ3v) is 5.64. The van der Waals surface area contributed by atoms with Crippen molar-refractivity contribution in [2.24, 2.45) is 0 Å². The number of benzene rings is 2. The maximum atomic E-state index is 12.2. The van der Waals surface area contributed by atoms with E-state index < -0.39 is 0 Å². The highest BCUT2D eigenvalue weighted by molar-refractivity contribution is 7.99. The second kappa shape index (κ2) is 9.65. The number of hydrogen-bond donors (Lipinski definition) is 1. The molecule has 1 aromatic heterocycles. The summed E-state index contributed by atoms with van der Waals surface area (Å²) in [6.07, 6.45) is 1.98. The predicted molar refractivity (Wildman–Crippen MR) is 117 cm³/mol. The first kappa shape index (κ1) is 20.9. The molecule has 31 heavy (non-hydrogen) atoms. The molecule has 0 aliphatic carbocycles. The lowest BCUT2D eigenvalue weighted by molar-refractivity contribution is -0.117. The van der Waals surface area contributed by atoms with E-state index in [0.29, 0.717) is 29.6 Å². The molecule has 1 N–H and O–H groups in total. The van der Waals surface area contributed by atoms with Gasteiger partial charge in [0.1, 0.15) is 5.75 Å². The zero-order chi connectivity index (χ0) is 21.6. The fraction of sp³-hybridized carbons (Fsp3) is 0.273. The molecule has 0 atom stereocenters. The van der Waals surface area contributed by atoms with E-state index in [9.17, 15) is 9.59 Å². The molecule has 3 aromatic rings. The zero-order valence-electron chi connectivity index (χ0n) is 17.0. The van der Waals surface area contributed by atoms with Gasteiger partial charge in [-0.15, -0.1) is 10.2 Å². The van der Waals surface area contributed by atoms with Gasteiger partial charge in [-0.3, -0.25) is 9.59 Å². The van der Waals surface area contributed by atoms with E-state index in [0.717, 1.165) is 30.0 Å². The number of thioether (sulfide) groups is 1. The molecule has 2 amide bonds. The number of amides is 2. The van der Waals surface area contributed by atoms with Crippen LogP contribution in [0, 0.1) is 0 Å². The quantitative estimate of drug-likeness (QED) is 0.537. The van der Waals surface area contributed by atoms with Gasteiger partial charge in [0.15, 0.2) is 0 Å². The first-order valence-corrected chi connectivity index (χ1v) is 10.9. The fourth-order valence-electron chi connectivity index (χ4n) is 3.26. The van der Waals surface area contributed by atoms with Crippen molar-refractivity contribution in [3.63, 3.8) is 0 Å². The van der Waals surface area contributed by atoms with Gasteiger partial charge < -0.3 is 19.4 Å². The second-order valence-corrected chi connectivity index (χ2v) is 7.95. The summed E-state index contributed by atoms with van der Waals surface area (Å²) in [4.78, 5) is 25.8. The smallest absolute Gasteiger partial charge is 0.277 e. The first-order valence-electron chi connectivity index (χ1n) is 9.89. The van der Waals surface area contributed by atoms with Crippen molar-refractivity contribution in [2.45, 2.75) is 24.5 Å². The third-order valence-electron chi connectivity index (χ3n) is 4.83. The van der Waals surface area contributed by atoms with E-state index >= 15 is 0 Å². The molecule has 2 heterocycles. The standard InChI is InChI=1S/C22H22N4O4S/c1-29-18-10-4-15(5-11-18)13-20-24-25-22(30-20)31-14-19(27)23-16-6-8-17(9-7-16)26-12-2-3-21(26)28/h4-11H,2-3,12-14H2,1H3,(H,23,27). The Bertz CT molecular complexity index is 1050. The topological polar surface area (TPSA) is 97.6 Å². The molecule has 1 fully saturated rings. The lowest BCUT2D eigenvalue weighted by atomic mass is 10.1. The second-order valence-electron chi connectivity index (χ2n) is 7.02. The van der Waals surface area contributed by atoms with E-state index in [-0.39, 0.29) is 17.6 Å². The van der Waals surface area contributed by atoms with Crippen molar-refractivity contribution in [3.05, 3.63) is 60.0 Å². The lowest BCUT2D eigenvalue weighted by Crippen LogP contribution is -2.23. The van der Waals surface area contributed by atoms with Crippen LogP contribution >= 0.6 is 11.8 Å². The van der Waals surface area contributed by atoms with Crippen LogP contribution in [-0.4, -0.2) is 41.4 Å². The molecule has 9 heteroatoms. The minimum atomic E-state index is -0.176. The largest absolute Gasteiger partial charge is 0.497 e. The zero-order valence-corrected chi connectivity index (χ0v) is 17.9. The first-order chi connectivity index (χ1) is 15.1. The van der Waals surface area contributed by atoms with Crippen LogP contribution in [0.15, 0.2) is 58.2 Å². The Hall–Kier alpha value is -3.33. The van der Waals surface area contributed by atoms with E-state index in [2.05, 4.69) is 15.5 Å². The van der Waals surface area contributed by atoms with E-state index in [1.54, 1.807) is 24.1 Å². The number of rotatable bonds is 8. The molecule has 1 aliphatic rings. The number of ether oxygens (including phenoxy) is 1. The number of carbonyl (C=O) groups is 2. The Kier molecular flexibility index (Phi) is 6.51. The molecule has 0 unspecified atom stereocenters. The molecule has 1 saturated heterocycles. The van der Waals surface area contributed by atoms with Gasteiger partial charge in [0, 0.05) is 24.3 Å². The van der Waals surface area contributed by atoms with Gasteiger partial charge in [-0.05, 0) is 48.4 Å². The van der Waals surface area contributed by atoms with Crippen LogP contribution in [0.4, 0.5) is 11.4 Å².